The number of piperidine rings is 1. The molecule has 2 aromatic carbocycles. The molecule has 11 atom stereocenters. The number of carbonyl (C=O) groups excluding carboxylic acids is 5. The zero-order valence-corrected chi connectivity index (χ0v) is 44.1. The van der Waals surface area contributed by atoms with Gasteiger partial charge in [-0.05, 0) is 112 Å². The number of aromatic nitrogens is 1. The largest absolute Gasteiger partial charge is 0.468 e. The minimum absolute atomic E-state index is 0.181. The van der Waals surface area contributed by atoms with Crippen molar-refractivity contribution >= 4 is 46.5 Å². The lowest BCUT2D eigenvalue weighted by molar-refractivity contribution is -0.231. The Morgan fingerprint density at radius 3 is 2.41 bits per heavy atom. The Hall–Kier alpha value is -5.53. The number of ether oxygens (including phenoxy) is 4. The second kappa shape index (κ2) is 18.9. The Kier molecular flexibility index (Phi) is 13.3. The molecule has 10 rings (SSSR count). The van der Waals surface area contributed by atoms with Gasteiger partial charge >= 0.3 is 24.0 Å². The molecule has 4 N–H and O–H groups in total. The number of hydrogen-bond acceptors (Lipinski definition) is 15. The molecule has 18 heteroatoms. The van der Waals surface area contributed by atoms with E-state index in [0.717, 1.165) is 26.9 Å². The van der Waals surface area contributed by atoms with E-state index in [1.165, 1.54) is 26.2 Å². The van der Waals surface area contributed by atoms with Crippen molar-refractivity contribution < 1.29 is 58.2 Å². The molecule has 7 aliphatic rings. The normalized spacial score (nSPS) is 33.9. The van der Waals surface area contributed by atoms with Crippen molar-refractivity contribution in [2.45, 2.75) is 138 Å². The Morgan fingerprint density at radius 1 is 0.946 bits per heavy atom. The highest BCUT2D eigenvalue weighted by molar-refractivity contribution is 5.95. The number of aliphatic hydroxyl groups is 3. The number of aliphatic hydroxyl groups excluding tert-OH is 1. The maximum absolute atomic E-state index is 15.5. The lowest BCUT2D eigenvalue weighted by Crippen LogP contribution is -2.81. The van der Waals surface area contributed by atoms with Crippen molar-refractivity contribution in [3.8, 4) is 0 Å². The summed E-state index contributed by atoms with van der Waals surface area (Å²) < 4.78 is 23.6. The average Bonchev–Trinajstić information content (AvgIpc) is 4.29. The first kappa shape index (κ1) is 51.9. The molecule has 400 valence electrons. The molecule has 2 amide bonds. The molecule has 0 radical (unpaired) electrons. The Labute approximate surface area is 432 Å². The molecule has 1 saturated carbocycles. The van der Waals surface area contributed by atoms with Crippen LogP contribution in [0.25, 0.3) is 10.9 Å². The molecule has 7 heterocycles. The number of esters is 3. The minimum atomic E-state index is -2.53. The predicted molar refractivity (Wildman–Crippen MR) is 273 cm³/mol. The molecule has 74 heavy (non-hydrogen) atoms. The third-order valence-corrected chi connectivity index (χ3v) is 18.5. The number of carbonyl (C=O) groups is 5. The van der Waals surface area contributed by atoms with Crippen LogP contribution in [0.3, 0.4) is 0 Å². The summed E-state index contributed by atoms with van der Waals surface area (Å²) in [7, 11) is 5.86. The van der Waals surface area contributed by atoms with E-state index in [4.69, 9.17) is 18.9 Å². The van der Waals surface area contributed by atoms with Crippen LogP contribution >= 0.6 is 0 Å². The van der Waals surface area contributed by atoms with Crippen LogP contribution in [-0.4, -0.2) is 185 Å². The lowest BCUT2D eigenvalue weighted by Gasteiger charge is -2.63. The summed E-state index contributed by atoms with van der Waals surface area (Å²) in [5.74, 6) is -2.95. The number of likely N-dealkylation sites (N-methyl/N-ethyl adjacent to an activating group) is 2. The fourth-order valence-corrected chi connectivity index (χ4v) is 15.6. The maximum atomic E-state index is 15.5. The maximum Gasteiger partial charge on any atom is 0.410 e. The average molecular weight is 1020 g/mol. The number of fused-ring (bicyclic) bond motifs is 6. The number of rotatable bonds is 11. The minimum Gasteiger partial charge on any atom is -0.468 e. The molecule has 3 saturated heterocycles. The number of hydrogen-bond donors (Lipinski definition) is 4. The molecule has 6 unspecified atom stereocenters. The highest BCUT2D eigenvalue weighted by Crippen LogP contribution is 2.68. The molecule has 3 aromatic rings. The van der Waals surface area contributed by atoms with E-state index in [1.807, 2.05) is 61.2 Å². The van der Waals surface area contributed by atoms with Crippen molar-refractivity contribution in [2.75, 3.05) is 79.0 Å². The molecule has 6 aliphatic heterocycles. The van der Waals surface area contributed by atoms with Crippen LogP contribution in [0, 0.1) is 11.3 Å². The van der Waals surface area contributed by atoms with E-state index in [0.29, 0.717) is 93.8 Å². The van der Waals surface area contributed by atoms with Crippen molar-refractivity contribution in [1.29, 1.82) is 0 Å². The van der Waals surface area contributed by atoms with E-state index in [9.17, 15) is 29.7 Å². The fourth-order valence-electron chi connectivity index (χ4n) is 15.6. The van der Waals surface area contributed by atoms with E-state index in [-0.39, 0.29) is 31.8 Å². The number of likely N-dealkylation sites (tertiary alicyclic amines) is 1. The first-order chi connectivity index (χ1) is 35.3. The van der Waals surface area contributed by atoms with Crippen molar-refractivity contribution in [1.82, 2.24) is 24.6 Å². The number of H-pyrrole nitrogens is 1. The Bertz CT molecular complexity index is 2780. The van der Waals surface area contributed by atoms with E-state index in [1.54, 1.807) is 20.9 Å². The van der Waals surface area contributed by atoms with Gasteiger partial charge in [-0.2, -0.15) is 0 Å². The summed E-state index contributed by atoms with van der Waals surface area (Å²) in [6, 6.07) is 9.27. The first-order valence-corrected chi connectivity index (χ1v) is 26.6. The van der Waals surface area contributed by atoms with Gasteiger partial charge in [0.15, 0.2) is 6.10 Å². The van der Waals surface area contributed by atoms with Gasteiger partial charge in [0, 0.05) is 86.0 Å². The predicted octanol–water partition coefficient (Wildman–Crippen LogP) is 3.92. The van der Waals surface area contributed by atoms with Crippen LogP contribution in [0.5, 0.6) is 0 Å². The number of benzene rings is 2. The summed E-state index contributed by atoms with van der Waals surface area (Å²) >= 11 is 0. The second-order valence-electron chi connectivity index (χ2n) is 22.7. The van der Waals surface area contributed by atoms with Crippen molar-refractivity contribution in [3.05, 3.63) is 76.5 Å². The summed E-state index contributed by atoms with van der Waals surface area (Å²) in [4.78, 5) is 85.0. The summed E-state index contributed by atoms with van der Waals surface area (Å²) in [6.07, 6.45) is 4.73. The Balaban J connectivity index is 1.14. The van der Waals surface area contributed by atoms with Crippen LogP contribution in [0.15, 0.2) is 48.6 Å². The number of methoxy groups -OCH3 is 2. The molecular weight excluding hydrogens is 949 g/mol. The highest BCUT2D eigenvalue weighted by atomic mass is 16.6. The molecule has 1 aliphatic carbocycles. The summed E-state index contributed by atoms with van der Waals surface area (Å²) in [5.41, 5.74) is -2.47. The van der Waals surface area contributed by atoms with E-state index in [2.05, 4.69) is 20.9 Å². The van der Waals surface area contributed by atoms with Gasteiger partial charge in [-0.15, -0.1) is 0 Å². The van der Waals surface area contributed by atoms with Crippen LogP contribution in [0.1, 0.15) is 101 Å². The topological polar surface area (TPSA) is 215 Å². The van der Waals surface area contributed by atoms with Gasteiger partial charge in [-0.3, -0.25) is 19.4 Å². The monoisotopic (exact) mass is 1020 g/mol. The summed E-state index contributed by atoms with van der Waals surface area (Å²) in [5, 5.41) is 38.7. The van der Waals surface area contributed by atoms with Gasteiger partial charge in [0.05, 0.1) is 38.6 Å². The first-order valence-electron chi connectivity index (χ1n) is 26.6. The zero-order valence-electron chi connectivity index (χ0n) is 44.1. The lowest BCUT2D eigenvalue weighted by atomic mass is 9.47. The van der Waals surface area contributed by atoms with Gasteiger partial charge in [-0.25, -0.2) is 14.4 Å². The van der Waals surface area contributed by atoms with Crippen LogP contribution in [0.2, 0.25) is 0 Å². The van der Waals surface area contributed by atoms with Crippen LogP contribution in [-0.2, 0) is 62.0 Å². The number of para-hydroxylation sites is 1. The third kappa shape index (κ3) is 7.53. The molecule has 18 nitrogen and oxygen atoms in total. The quantitative estimate of drug-likeness (QED) is 0.122. The molecule has 1 spiro atoms. The fraction of sp³-hybridized carbons (Fsp3) is 0.625. The summed E-state index contributed by atoms with van der Waals surface area (Å²) in [6.45, 7) is 9.70. The van der Waals surface area contributed by atoms with Gasteiger partial charge in [-0.1, -0.05) is 50.3 Å². The number of nitrogens with one attached hydrogen (secondary N) is 1. The van der Waals surface area contributed by atoms with E-state index >= 15 is 9.59 Å². The van der Waals surface area contributed by atoms with Gasteiger partial charge in [0.1, 0.15) is 18.0 Å². The van der Waals surface area contributed by atoms with Crippen LogP contribution in [0.4, 0.5) is 10.5 Å². The molecule has 2 bridgehead atoms. The third-order valence-electron chi connectivity index (χ3n) is 18.5. The number of anilines is 1. The molecule has 1 aromatic heterocycles. The van der Waals surface area contributed by atoms with Gasteiger partial charge < -0.3 is 54.0 Å². The van der Waals surface area contributed by atoms with Crippen molar-refractivity contribution in [2.24, 2.45) is 11.3 Å². The number of amides is 2. The highest BCUT2D eigenvalue weighted by Gasteiger charge is 2.80. The van der Waals surface area contributed by atoms with Gasteiger partial charge in [0.25, 0.3) is 0 Å². The standard InChI is InChI=1S/C56H74N6O12/c1-9-52(69)27-34-28-55(49(66)71-7,44-37(18-23-60(29-34)32-52)36-15-11-12-16-40(36)57-44)38-26-39-42(25-35(38)31-63)59(6)47-54(39)20-24-61-21-14-19-53(10-2,46(54)61)48(56(47,70)50(67)72-8)74-45(65)41-17-13-22-62(41)43(64)30-58(5)51(68)73-33(3)4/h11-12,14-16,19,25-26,33-34,41,46-48,57,63,69-70H,9-10,13,17-18,20-24,27-32H2,1-8H3/t34-,41?,46?,47?,48+,52-,53+,54?,55-,56?/m0/s1. The number of aromatic amines is 1. The van der Waals surface area contributed by atoms with E-state index < -0.39 is 94.3 Å². The Morgan fingerprint density at radius 2 is 1.70 bits per heavy atom. The number of nitrogens with zero attached hydrogens (tertiary/aromatic N) is 5. The van der Waals surface area contributed by atoms with Gasteiger partial charge in [0.2, 0.25) is 11.5 Å². The second-order valence-corrected chi connectivity index (χ2v) is 22.7. The van der Waals surface area contributed by atoms with Crippen molar-refractivity contribution in [3.63, 3.8) is 0 Å². The molecular formula is C56H74N6O12. The SMILES string of the molecule is CC[C@]1(O)C[C@@H]2CN(CCc3c([nH]c4ccccc34)[C@@](C(=O)OC)(c3cc4c(cc3CO)N(C)C3C45CCN4CC=C[C@](CC)(C45)[C@@H](OC(=O)C4CCCN4C(=O)CN(C)C(=O)OC(C)C)C3(O)C(=O)OC)C2)C1. The van der Waals surface area contributed by atoms with Crippen LogP contribution < -0.4 is 4.90 Å². The smallest absolute Gasteiger partial charge is 0.410 e. The molecule has 4 fully saturated rings. The zero-order chi connectivity index (χ0) is 52.9.